The molecule has 2 rings (SSSR count). The highest BCUT2D eigenvalue weighted by atomic mass is 35.5. The van der Waals surface area contributed by atoms with Crippen LogP contribution in [0.15, 0.2) is 18.2 Å². The van der Waals surface area contributed by atoms with Crippen LogP contribution < -0.4 is 11.1 Å². The summed E-state index contributed by atoms with van der Waals surface area (Å²) in [6, 6.07) is 5.90. The van der Waals surface area contributed by atoms with Gasteiger partial charge in [-0.1, -0.05) is 11.6 Å². The predicted molar refractivity (Wildman–Crippen MR) is 81.1 cm³/mol. The third-order valence-corrected chi connectivity index (χ3v) is 3.78. The Balaban J connectivity index is 0.00000180. The molecule has 106 valence electrons. The van der Waals surface area contributed by atoms with Gasteiger partial charge in [0.05, 0.1) is 0 Å². The van der Waals surface area contributed by atoms with Crippen LogP contribution in [0.4, 0.5) is 0 Å². The summed E-state index contributed by atoms with van der Waals surface area (Å²) in [5, 5.41) is 3.74. The smallest absolute Gasteiger partial charge is 0.251 e. The van der Waals surface area contributed by atoms with E-state index >= 15 is 0 Å². The molecule has 0 radical (unpaired) electrons. The summed E-state index contributed by atoms with van der Waals surface area (Å²) in [6.07, 6.45) is 3.92. The number of nitrogens with two attached hydrogens (primary N) is 1. The van der Waals surface area contributed by atoms with Gasteiger partial charge in [-0.3, -0.25) is 4.79 Å². The van der Waals surface area contributed by atoms with Gasteiger partial charge in [0.25, 0.3) is 5.91 Å². The van der Waals surface area contributed by atoms with Crippen molar-refractivity contribution in [3.8, 4) is 0 Å². The largest absolute Gasteiger partial charge is 0.349 e. The van der Waals surface area contributed by atoms with Crippen LogP contribution in [0, 0.1) is 6.92 Å². The molecule has 1 amide bonds. The van der Waals surface area contributed by atoms with Gasteiger partial charge in [0, 0.05) is 22.7 Å². The molecule has 1 fully saturated rings. The molecule has 3 nitrogen and oxygen atoms in total. The summed E-state index contributed by atoms with van der Waals surface area (Å²) in [5.41, 5.74) is 7.47. The summed E-state index contributed by atoms with van der Waals surface area (Å²) >= 11 is 5.88. The number of amides is 1. The summed E-state index contributed by atoms with van der Waals surface area (Å²) in [4.78, 5) is 12.1. The molecule has 5 heteroatoms. The van der Waals surface area contributed by atoms with Crippen LogP contribution in [0.5, 0.6) is 0 Å². The van der Waals surface area contributed by atoms with Gasteiger partial charge < -0.3 is 11.1 Å². The van der Waals surface area contributed by atoms with Crippen LogP contribution in [-0.4, -0.2) is 18.0 Å². The maximum absolute atomic E-state index is 12.1. The minimum Gasteiger partial charge on any atom is -0.349 e. The highest BCUT2D eigenvalue weighted by molar-refractivity contribution is 6.30. The van der Waals surface area contributed by atoms with Crippen molar-refractivity contribution >= 4 is 29.9 Å². The van der Waals surface area contributed by atoms with Gasteiger partial charge in [0.15, 0.2) is 0 Å². The third-order valence-electron chi connectivity index (χ3n) is 3.54. The van der Waals surface area contributed by atoms with Crippen LogP contribution in [-0.2, 0) is 0 Å². The fourth-order valence-corrected chi connectivity index (χ4v) is 2.64. The molecule has 0 aliphatic heterocycles. The number of halogens is 2. The Labute approximate surface area is 125 Å². The molecular weight excluding hydrogens is 283 g/mol. The average molecular weight is 303 g/mol. The van der Waals surface area contributed by atoms with Crippen LogP contribution in [0.3, 0.4) is 0 Å². The average Bonchev–Trinajstić information content (AvgIpc) is 2.32. The number of hydrogen-bond acceptors (Lipinski definition) is 2. The standard InChI is InChI=1S/C14H19ClN2O.ClH/c1-9-8-10(15)2-7-13(9)14(18)17-12-5-3-11(16)4-6-12;/h2,7-8,11-12H,3-6,16H2,1H3,(H,17,18);1H. The zero-order valence-electron chi connectivity index (χ0n) is 11.0. The van der Waals surface area contributed by atoms with Gasteiger partial charge in [-0.05, 0) is 56.4 Å². The molecule has 1 aromatic rings. The normalized spacial score (nSPS) is 22.5. The number of rotatable bonds is 2. The minimum atomic E-state index is -0.00959. The molecule has 0 spiro atoms. The Hall–Kier alpha value is -0.770. The maximum Gasteiger partial charge on any atom is 0.251 e. The lowest BCUT2D eigenvalue weighted by Gasteiger charge is -2.27. The van der Waals surface area contributed by atoms with Gasteiger partial charge >= 0.3 is 0 Å². The molecule has 19 heavy (non-hydrogen) atoms. The first-order valence-electron chi connectivity index (χ1n) is 6.39. The second-order valence-electron chi connectivity index (χ2n) is 5.04. The van der Waals surface area contributed by atoms with Crippen molar-refractivity contribution in [3.63, 3.8) is 0 Å². The lowest BCUT2D eigenvalue weighted by atomic mass is 9.91. The highest BCUT2D eigenvalue weighted by Gasteiger charge is 2.21. The van der Waals surface area contributed by atoms with E-state index in [1.54, 1.807) is 12.1 Å². The number of carbonyl (C=O) groups excluding carboxylic acids is 1. The molecule has 3 N–H and O–H groups in total. The van der Waals surface area contributed by atoms with Gasteiger partial charge in [0.1, 0.15) is 0 Å². The lowest BCUT2D eigenvalue weighted by molar-refractivity contribution is 0.0925. The Morgan fingerprint density at radius 1 is 1.32 bits per heavy atom. The molecule has 0 atom stereocenters. The van der Waals surface area contributed by atoms with E-state index in [-0.39, 0.29) is 24.4 Å². The monoisotopic (exact) mass is 302 g/mol. The molecule has 1 aromatic carbocycles. The van der Waals surface area contributed by atoms with E-state index in [4.69, 9.17) is 17.3 Å². The van der Waals surface area contributed by atoms with E-state index in [9.17, 15) is 4.79 Å². The van der Waals surface area contributed by atoms with Crippen LogP contribution in [0.25, 0.3) is 0 Å². The van der Waals surface area contributed by atoms with E-state index in [0.29, 0.717) is 16.6 Å². The number of carbonyl (C=O) groups is 1. The predicted octanol–water partition coefficient (Wildman–Crippen LogP) is 3.07. The second-order valence-corrected chi connectivity index (χ2v) is 5.48. The molecule has 0 bridgehead atoms. The Morgan fingerprint density at radius 3 is 2.53 bits per heavy atom. The molecule has 0 heterocycles. The molecule has 1 saturated carbocycles. The zero-order chi connectivity index (χ0) is 13.1. The van der Waals surface area contributed by atoms with Crippen molar-refractivity contribution in [2.24, 2.45) is 5.73 Å². The van der Waals surface area contributed by atoms with Crippen molar-refractivity contribution < 1.29 is 4.79 Å². The summed E-state index contributed by atoms with van der Waals surface area (Å²) in [7, 11) is 0. The van der Waals surface area contributed by atoms with Crippen LogP contribution in [0.2, 0.25) is 5.02 Å². The highest BCUT2D eigenvalue weighted by Crippen LogP contribution is 2.19. The Morgan fingerprint density at radius 2 is 1.95 bits per heavy atom. The molecule has 1 aliphatic carbocycles. The minimum absolute atomic E-state index is 0. The Kier molecular flexibility index (Phi) is 6.11. The SMILES string of the molecule is Cc1cc(Cl)ccc1C(=O)NC1CCC(N)CC1.Cl. The summed E-state index contributed by atoms with van der Waals surface area (Å²) in [5.74, 6) is -0.00959. The molecule has 0 saturated heterocycles. The van der Waals surface area contributed by atoms with Crippen LogP contribution >= 0.6 is 24.0 Å². The van der Waals surface area contributed by atoms with Crippen LogP contribution in [0.1, 0.15) is 41.6 Å². The number of nitrogens with one attached hydrogen (secondary N) is 1. The van der Waals surface area contributed by atoms with Gasteiger partial charge in [-0.25, -0.2) is 0 Å². The molecular formula is C14H20Cl2N2O. The topological polar surface area (TPSA) is 55.1 Å². The quantitative estimate of drug-likeness (QED) is 0.882. The fraction of sp³-hybridized carbons (Fsp3) is 0.500. The molecule has 0 unspecified atom stereocenters. The van der Waals surface area contributed by atoms with Crippen molar-refractivity contribution in [2.45, 2.75) is 44.7 Å². The first kappa shape index (κ1) is 16.3. The van der Waals surface area contributed by atoms with Crippen molar-refractivity contribution in [2.75, 3.05) is 0 Å². The van der Waals surface area contributed by atoms with Crippen molar-refractivity contribution in [1.82, 2.24) is 5.32 Å². The fourth-order valence-electron chi connectivity index (χ4n) is 2.41. The van der Waals surface area contributed by atoms with Crippen molar-refractivity contribution in [3.05, 3.63) is 34.3 Å². The van der Waals surface area contributed by atoms with Gasteiger partial charge in [-0.2, -0.15) is 0 Å². The van der Waals surface area contributed by atoms with Crippen molar-refractivity contribution in [1.29, 1.82) is 0 Å². The Bertz CT molecular complexity index is 443. The van der Waals surface area contributed by atoms with Gasteiger partial charge in [0.2, 0.25) is 0 Å². The van der Waals surface area contributed by atoms with E-state index < -0.39 is 0 Å². The molecule has 1 aliphatic rings. The number of benzene rings is 1. The summed E-state index contributed by atoms with van der Waals surface area (Å²) in [6.45, 7) is 1.90. The van der Waals surface area contributed by atoms with E-state index in [1.165, 1.54) is 0 Å². The zero-order valence-corrected chi connectivity index (χ0v) is 12.6. The number of aryl methyl sites for hydroxylation is 1. The van der Waals surface area contributed by atoms with E-state index in [0.717, 1.165) is 31.2 Å². The summed E-state index contributed by atoms with van der Waals surface area (Å²) < 4.78 is 0. The van der Waals surface area contributed by atoms with E-state index in [2.05, 4.69) is 5.32 Å². The van der Waals surface area contributed by atoms with Gasteiger partial charge in [-0.15, -0.1) is 12.4 Å². The first-order chi connectivity index (χ1) is 8.56. The van der Waals surface area contributed by atoms with E-state index in [1.807, 2.05) is 13.0 Å². The maximum atomic E-state index is 12.1. The third kappa shape index (κ3) is 4.37. The lowest BCUT2D eigenvalue weighted by Crippen LogP contribution is -2.40. The number of hydrogen-bond donors (Lipinski definition) is 2. The first-order valence-corrected chi connectivity index (χ1v) is 6.76. The molecule has 0 aromatic heterocycles. The second kappa shape index (κ2) is 7.13.